The average molecular weight is 419 g/mol. The van der Waals surface area contributed by atoms with E-state index in [0.29, 0.717) is 6.42 Å². The van der Waals surface area contributed by atoms with Gasteiger partial charge in [0.15, 0.2) is 0 Å². The lowest BCUT2D eigenvalue weighted by Gasteiger charge is -2.38. The summed E-state index contributed by atoms with van der Waals surface area (Å²) in [6, 6.07) is 18.6. The van der Waals surface area contributed by atoms with E-state index in [0.717, 1.165) is 11.1 Å². The molecule has 0 spiro atoms. The molecule has 1 aliphatic rings. The summed E-state index contributed by atoms with van der Waals surface area (Å²) in [6.45, 7) is 0.671. The average Bonchev–Trinajstić information content (AvgIpc) is 2.66. The number of likely N-dealkylation sites (tertiary alicyclic amines) is 1. The van der Waals surface area contributed by atoms with Gasteiger partial charge in [0.05, 0.1) is 6.61 Å². The van der Waals surface area contributed by atoms with Gasteiger partial charge in [-0.1, -0.05) is 60.7 Å². The maximum atomic E-state index is 12.7. The third-order valence-electron chi connectivity index (χ3n) is 4.77. The molecule has 8 heteroatoms. The number of hydrogen-bond donors (Lipinski definition) is 1. The van der Waals surface area contributed by atoms with Crippen molar-refractivity contribution in [3.05, 3.63) is 71.8 Å². The van der Waals surface area contributed by atoms with Crippen LogP contribution in [0.1, 0.15) is 11.1 Å². The fourth-order valence-corrected chi connectivity index (χ4v) is 4.72. The molecule has 1 heterocycles. The SMILES string of the molecule is COCC(Cc1ccccc1)NS(=O)(=O)C1CN(C(=O)OCc2ccccc2)C1. The van der Waals surface area contributed by atoms with Crippen molar-refractivity contribution < 1.29 is 22.7 Å². The topological polar surface area (TPSA) is 84.9 Å². The Kier molecular flexibility index (Phi) is 7.24. The third-order valence-corrected chi connectivity index (χ3v) is 6.61. The van der Waals surface area contributed by atoms with Crippen LogP contribution >= 0.6 is 0 Å². The Hall–Kier alpha value is -2.42. The van der Waals surface area contributed by atoms with E-state index in [1.54, 1.807) is 7.11 Å². The lowest BCUT2D eigenvalue weighted by Crippen LogP contribution is -2.60. The van der Waals surface area contributed by atoms with E-state index < -0.39 is 21.4 Å². The van der Waals surface area contributed by atoms with Crippen LogP contribution in [0.25, 0.3) is 0 Å². The first-order valence-corrected chi connectivity index (χ1v) is 11.0. The van der Waals surface area contributed by atoms with E-state index in [9.17, 15) is 13.2 Å². The summed E-state index contributed by atoms with van der Waals surface area (Å²) in [6.07, 6.45) is 0.0294. The maximum absolute atomic E-state index is 12.7. The van der Waals surface area contributed by atoms with Gasteiger partial charge < -0.3 is 14.4 Å². The highest BCUT2D eigenvalue weighted by Crippen LogP contribution is 2.18. The third kappa shape index (κ3) is 6.03. The summed E-state index contributed by atoms with van der Waals surface area (Å²) >= 11 is 0. The molecule has 1 N–H and O–H groups in total. The van der Waals surface area contributed by atoms with Crippen molar-refractivity contribution in [2.24, 2.45) is 0 Å². The summed E-state index contributed by atoms with van der Waals surface area (Å²) < 4.78 is 38.5. The summed E-state index contributed by atoms with van der Waals surface area (Å²) in [5.41, 5.74) is 1.91. The zero-order chi connectivity index (χ0) is 20.7. The van der Waals surface area contributed by atoms with Gasteiger partial charge >= 0.3 is 6.09 Å². The van der Waals surface area contributed by atoms with E-state index in [1.165, 1.54) is 4.90 Å². The standard InChI is InChI=1S/C21H26N2O5S/c1-27-16-19(12-17-8-4-2-5-9-17)22-29(25,26)20-13-23(14-20)21(24)28-15-18-10-6-3-7-11-18/h2-11,19-20,22H,12-16H2,1H3. The maximum Gasteiger partial charge on any atom is 0.410 e. The Labute approximate surface area is 171 Å². The van der Waals surface area contributed by atoms with Crippen molar-refractivity contribution in [1.29, 1.82) is 0 Å². The van der Waals surface area contributed by atoms with Crippen LogP contribution in [-0.2, 0) is 32.5 Å². The number of ether oxygens (including phenoxy) is 2. The molecule has 1 saturated heterocycles. The molecule has 2 aromatic rings. The van der Waals surface area contributed by atoms with Crippen molar-refractivity contribution in [3.63, 3.8) is 0 Å². The first-order chi connectivity index (χ1) is 14.0. The van der Waals surface area contributed by atoms with Crippen molar-refractivity contribution in [2.45, 2.75) is 24.3 Å². The van der Waals surface area contributed by atoms with Gasteiger partial charge in [0, 0.05) is 26.2 Å². The Balaban J connectivity index is 1.49. The highest BCUT2D eigenvalue weighted by molar-refractivity contribution is 7.90. The zero-order valence-electron chi connectivity index (χ0n) is 16.4. The van der Waals surface area contributed by atoms with Gasteiger partial charge in [-0.05, 0) is 17.5 Å². The summed E-state index contributed by atoms with van der Waals surface area (Å²) in [7, 11) is -2.04. The molecule has 1 atom stereocenters. The lowest BCUT2D eigenvalue weighted by molar-refractivity contribution is 0.0765. The lowest BCUT2D eigenvalue weighted by atomic mass is 10.1. The van der Waals surface area contributed by atoms with Gasteiger partial charge in [0.2, 0.25) is 10.0 Å². The van der Waals surface area contributed by atoms with Gasteiger partial charge in [-0.15, -0.1) is 0 Å². The van der Waals surface area contributed by atoms with Crippen LogP contribution in [0.2, 0.25) is 0 Å². The number of amides is 1. The minimum absolute atomic E-state index is 0.119. The second kappa shape index (κ2) is 9.87. The number of carbonyl (C=O) groups excluding carboxylic acids is 1. The molecule has 0 bridgehead atoms. The molecule has 7 nitrogen and oxygen atoms in total. The largest absolute Gasteiger partial charge is 0.445 e. The van der Waals surface area contributed by atoms with E-state index in [-0.39, 0.29) is 32.3 Å². The number of hydrogen-bond acceptors (Lipinski definition) is 5. The molecule has 0 saturated carbocycles. The minimum Gasteiger partial charge on any atom is -0.445 e. The molecule has 0 aliphatic carbocycles. The predicted molar refractivity (Wildman–Crippen MR) is 110 cm³/mol. The van der Waals surface area contributed by atoms with Crippen molar-refractivity contribution in [3.8, 4) is 0 Å². The molecule has 1 fully saturated rings. The van der Waals surface area contributed by atoms with Crippen molar-refractivity contribution in [2.75, 3.05) is 26.8 Å². The Morgan fingerprint density at radius 1 is 1.07 bits per heavy atom. The van der Waals surface area contributed by atoms with Crippen LogP contribution in [0.4, 0.5) is 4.79 Å². The fraction of sp³-hybridized carbons (Fsp3) is 0.381. The van der Waals surface area contributed by atoms with E-state index in [2.05, 4.69) is 4.72 Å². The summed E-state index contributed by atoms with van der Waals surface area (Å²) in [5, 5.41) is -0.651. The number of methoxy groups -OCH3 is 1. The molecule has 1 unspecified atom stereocenters. The van der Waals surface area contributed by atoms with Gasteiger partial charge in [-0.2, -0.15) is 0 Å². The molecular weight excluding hydrogens is 392 g/mol. The zero-order valence-corrected chi connectivity index (χ0v) is 17.2. The number of carbonyl (C=O) groups is 1. The summed E-state index contributed by atoms with van der Waals surface area (Å²) in [5.74, 6) is 0. The number of rotatable bonds is 9. The molecule has 29 heavy (non-hydrogen) atoms. The number of nitrogens with one attached hydrogen (secondary N) is 1. The van der Waals surface area contributed by atoms with E-state index in [4.69, 9.17) is 9.47 Å². The Bertz CT molecular complexity index is 884. The van der Waals surface area contributed by atoms with Gasteiger partial charge in [-0.3, -0.25) is 0 Å². The van der Waals surface area contributed by atoms with E-state index in [1.807, 2.05) is 60.7 Å². The van der Waals surface area contributed by atoms with Gasteiger partial charge in [0.1, 0.15) is 11.9 Å². The van der Waals surface area contributed by atoms with Gasteiger partial charge in [0.25, 0.3) is 0 Å². The normalized spacial score (nSPS) is 15.6. The highest BCUT2D eigenvalue weighted by atomic mass is 32.2. The van der Waals surface area contributed by atoms with Crippen LogP contribution in [0.3, 0.4) is 0 Å². The predicted octanol–water partition coefficient (Wildman–Crippen LogP) is 2.18. The van der Waals surface area contributed by atoms with Crippen LogP contribution < -0.4 is 4.72 Å². The van der Waals surface area contributed by atoms with Crippen molar-refractivity contribution in [1.82, 2.24) is 9.62 Å². The minimum atomic E-state index is -3.58. The molecule has 3 rings (SSSR count). The second-order valence-electron chi connectivity index (χ2n) is 7.07. The van der Waals surface area contributed by atoms with Crippen molar-refractivity contribution >= 4 is 16.1 Å². The molecule has 156 valence electrons. The second-order valence-corrected chi connectivity index (χ2v) is 9.06. The molecule has 0 radical (unpaired) electrons. The number of benzene rings is 2. The quantitative estimate of drug-likeness (QED) is 0.675. The monoisotopic (exact) mass is 418 g/mol. The first kappa shape index (κ1) is 21.3. The molecule has 2 aromatic carbocycles. The van der Waals surface area contributed by atoms with Crippen LogP contribution in [0, 0.1) is 0 Å². The Morgan fingerprint density at radius 2 is 1.66 bits per heavy atom. The molecule has 1 amide bonds. The highest BCUT2D eigenvalue weighted by Gasteiger charge is 2.41. The Morgan fingerprint density at radius 3 is 2.24 bits per heavy atom. The summed E-state index contributed by atoms with van der Waals surface area (Å²) in [4.78, 5) is 13.5. The number of sulfonamides is 1. The molecule has 1 aliphatic heterocycles. The fourth-order valence-electron chi connectivity index (χ4n) is 3.16. The van der Waals surface area contributed by atoms with Crippen LogP contribution in [-0.4, -0.2) is 57.5 Å². The van der Waals surface area contributed by atoms with Gasteiger partial charge in [-0.25, -0.2) is 17.9 Å². The molecular formula is C21H26N2O5S. The number of nitrogens with zero attached hydrogens (tertiary/aromatic N) is 1. The first-order valence-electron chi connectivity index (χ1n) is 9.47. The smallest absolute Gasteiger partial charge is 0.410 e. The van der Waals surface area contributed by atoms with Crippen LogP contribution in [0.5, 0.6) is 0 Å². The van der Waals surface area contributed by atoms with Crippen LogP contribution in [0.15, 0.2) is 60.7 Å². The molecule has 0 aromatic heterocycles. The van der Waals surface area contributed by atoms with E-state index >= 15 is 0 Å².